The lowest BCUT2D eigenvalue weighted by Gasteiger charge is -2.38. The van der Waals surface area contributed by atoms with Crippen LogP contribution in [0.1, 0.15) is 57.1 Å². The van der Waals surface area contributed by atoms with Gasteiger partial charge in [0.25, 0.3) is 0 Å². The average Bonchev–Trinajstić information content (AvgIpc) is 2.31. The smallest absolute Gasteiger partial charge is 0.0690 e. The molecule has 0 bridgehead atoms. The van der Waals surface area contributed by atoms with Crippen molar-refractivity contribution in [1.82, 2.24) is 0 Å². The topological polar surface area (TPSA) is 20.2 Å². The van der Waals surface area contributed by atoms with Crippen LogP contribution >= 0.6 is 0 Å². The van der Waals surface area contributed by atoms with Crippen LogP contribution in [0.2, 0.25) is 0 Å². The van der Waals surface area contributed by atoms with E-state index in [-0.39, 0.29) is 0 Å². The van der Waals surface area contributed by atoms with Crippen LogP contribution in [0.15, 0.2) is 24.3 Å². The Morgan fingerprint density at radius 2 is 2.05 bits per heavy atom. The van der Waals surface area contributed by atoms with E-state index < -0.39 is 5.60 Å². The lowest BCUT2D eigenvalue weighted by Crippen LogP contribution is -2.38. The molecule has 19 heavy (non-hydrogen) atoms. The van der Waals surface area contributed by atoms with Gasteiger partial charge in [-0.2, -0.15) is 0 Å². The van der Waals surface area contributed by atoms with Gasteiger partial charge in [-0.05, 0) is 49.1 Å². The van der Waals surface area contributed by atoms with Crippen molar-refractivity contribution in [3.05, 3.63) is 35.4 Å². The van der Waals surface area contributed by atoms with E-state index in [9.17, 15) is 5.11 Å². The predicted molar refractivity (Wildman–Crippen MR) is 81.2 cm³/mol. The molecular weight excluding hydrogens is 232 g/mol. The number of hydrogen-bond donors (Lipinski definition) is 1. The zero-order valence-electron chi connectivity index (χ0n) is 12.7. The Bertz CT molecular complexity index is 410. The van der Waals surface area contributed by atoms with E-state index in [1.165, 1.54) is 30.4 Å². The van der Waals surface area contributed by atoms with Crippen LogP contribution in [-0.2, 0) is 6.42 Å². The first-order valence-corrected chi connectivity index (χ1v) is 7.75. The minimum Gasteiger partial charge on any atom is -0.390 e. The summed E-state index contributed by atoms with van der Waals surface area (Å²) in [5.41, 5.74) is 2.15. The van der Waals surface area contributed by atoms with E-state index in [1.807, 2.05) is 0 Å². The van der Waals surface area contributed by atoms with Crippen LogP contribution in [0, 0.1) is 18.8 Å². The summed E-state index contributed by atoms with van der Waals surface area (Å²) in [5.74, 6) is 1.45. The molecule has 0 spiro atoms. The molecule has 1 fully saturated rings. The third-order valence-electron chi connectivity index (χ3n) is 4.51. The Kier molecular flexibility index (Phi) is 4.67. The summed E-state index contributed by atoms with van der Waals surface area (Å²) in [7, 11) is 0. The summed E-state index contributed by atoms with van der Waals surface area (Å²) in [6.07, 6.45) is 6.52. The highest BCUT2D eigenvalue weighted by atomic mass is 16.3. The maximum atomic E-state index is 10.9. The highest BCUT2D eigenvalue weighted by Crippen LogP contribution is 2.38. The van der Waals surface area contributed by atoms with Gasteiger partial charge in [-0.1, -0.05) is 51.0 Å². The Morgan fingerprint density at radius 1 is 1.32 bits per heavy atom. The number of aryl methyl sites for hydroxylation is 1. The molecule has 0 radical (unpaired) electrons. The summed E-state index contributed by atoms with van der Waals surface area (Å²) in [4.78, 5) is 0. The molecular formula is C18H28O. The molecule has 0 heterocycles. The highest BCUT2D eigenvalue weighted by molar-refractivity contribution is 5.27. The molecule has 1 aliphatic carbocycles. The minimum atomic E-state index is -0.468. The van der Waals surface area contributed by atoms with Crippen molar-refractivity contribution in [2.45, 2.75) is 64.9 Å². The molecule has 1 nitrogen and oxygen atoms in total. The van der Waals surface area contributed by atoms with Gasteiger partial charge < -0.3 is 5.11 Å². The van der Waals surface area contributed by atoms with E-state index >= 15 is 0 Å². The van der Waals surface area contributed by atoms with E-state index in [0.29, 0.717) is 5.92 Å². The van der Waals surface area contributed by atoms with Crippen molar-refractivity contribution >= 4 is 0 Å². The third-order valence-corrected chi connectivity index (χ3v) is 4.51. The fourth-order valence-corrected chi connectivity index (χ4v) is 3.65. The fourth-order valence-electron chi connectivity index (χ4n) is 3.65. The van der Waals surface area contributed by atoms with Crippen molar-refractivity contribution in [2.75, 3.05) is 0 Å². The molecule has 1 N–H and O–H groups in total. The Morgan fingerprint density at radius 3 is 2.74 bits per heavy atom. The molecule has 0 saturated heterocycles. The van der Waals surface area contributed by atoms with Crippen LogP contribution in [0.3, 0.4) is 0 Å². The predicted octanol–water partition coefficient (Wildman–Crippen LogP) is 4.50. The monoisotopic (exact) mass is 260 g/mol. The Labute approximate surface area is 118 Å². The van der Waals surface area contributed by atoms with Gasteiger partial charge in [0, 0.05) is 6.42 Å². The first kappa shape index (κ1) is 14.6. The van der Waals surface area contributed by atoms with Crippen molar-refractivity contribution < 1.29 is 5.11 Å². The number of hydrogen-bond acceptors (Lipinski definition) is 1. The molecule has 2 rings (SSSR count). The summed E-state index contributed by atoms with van der Waals surface area (Å²) < 4.78 is 0. The van der Waals surface area contributed by atoms with E-state index in [0.717, 1.165) is 25.2 Å². The van der Waals surface area contributed by atoms with Crippen LogP contribution in [0.25, 0.3) is 0 Å². The molecule has 1 aromatic carbocycles. The van der Waals surface area contributed by atoms with E-state index in [4.69, 9.17) is 0 Å². The highest BCUT2D eigenvalue weighted by Gasteiger charge is 2.34. The summed E-state index contributed by atoms with van der Waals surface area (Å²) in [6.45, 7) is 6.72. The molecule has 1 saturated carbocycles. The summed E-state index contributed by atoms with van der Waals surface area (Å²) in [6, 6.07) is 8.47. The van der Waals surface area contributed by atoms with Gasteiger partial charge in [-0.3, -0.25) is 0 Å². The van der Waals surface area contributed by atoms with Crippen LogP contribution < -0.4 is 0 Å². The molecule has 0 aliphatic heterocycles. The second-order valence-electron chi connectivity index (χ2n) is 6.92. The molecule has 1 aliphatic rings. The van der Waals surface area contributed by atoms with E-state index in [2.05, 4.69) is 45.0 Å². The van der Waals surface area contributed by atoms with Gasteiger partial charge in [0.05, 0.1) is 5.60 Å². The third kappa shape index (κ3) is 4.07. The van der Waals surface area contributed by atoms with E-state index in [1.54, 1.807) is 0 Å². The zero-order valence-corrected chi connectivity index (χ0v) is 12.7. The Hall–Kier alpha value is -0.820. The molecule has 106 valence electrons. The molecule has 0 aromatic heterocycles. The number of rotatable bonds is 4. The maximum Gasteiger partial charge on any atom is 0.0690 e. The average molecular weight is 260 g/mol. The molecule has 0 amide bonds. The normalized spacial score (nSPS) is 27.7. The quantitative estimate of drug-likeness (QED) is 0.844. The van der Waals surface area contributed by atoms with Crippen LogP contribution in [0.5, 0.6) is 0 Å². The van der Waals surface area contributed by atoms with Crippen molar-refractivity contribution in [3.8, 4) is 0 Å². The van der Waals surface area contributed by atoms with Gasteiger partial charge in [0.2, 0.25) is 0 Å². The molecule has 1 aromatic rings. The molecule has 2 unspecified atom stereocenters. The lowest BCUT2D eigenvalue weighted by molar-refractivity contribution is -0.0190. The van der Waals surface area contributed by atoms with Gasteiger partial charge >= 0.3 is 0 Å². The van der Waals surface area contributed by atoms with Crippen molar-refractivity contribution in [3.63, 3.8) is 0 Å². The van der Waals surface area contributed by atoms with Gasteiger partial charge in [-0.15, -0.1) is 0 Å². The van der Waals surface area contributed by atoms with Gasteiger partial charge in [-0.25, -0.2) is 0 Å². The van der Waals surface area contributed by atoms with Crippen molar-refractivity contribution in [1.29, 1.82) is 0 Å². The first-order valence-electron chi connectivity index (χ1n) is 7.75. The van der Waals surface area contributed by atoms with Gasteiger partial charge in [0.15, 0.2) is 0 Å². The summed E-state index contributed by atoms with van der Waals surface area (Å²) >= 11 is 0. The molecule has 1 heteroatoms. The number of aliphatic hydroxyl groups is 1. The van der Waals surface area contributed by atoms with Crippen LogP contribution in [-0.4, -0.2) is 10.7 Å². The molecule has 2 atom stereocenters. The Balaban J connectivity index is 2.03. The SMILES string of the molecule is Cc1ccccc1CC1(O)CCCC(CC(C)C)C1. The zero-order chi connectivity index (χ0) is 13.9. The lowest BCUT2D eigenvalue weighted by atomic mass is 9.72. The van der Waals surface area contributed by atoms with Crippen LogP contribution in [0.4, 0.5) is 0 Å². The maximum absolute atomic E-state index is 10.9. The standard InChI is InChI=1S/C18H28O/c1-14(2)11-16-8-6-10-18(19,12-16)13-17-9-5-4-7-15(17)3/h4-5,7,9,14,16,19H,6,8,10-13H2,1-3H3. The summed E-state index contributed by atoms with van der Waals surface area (Å²) in [5, 5.41) is 10.9. The second kappa shape index (κ2) is 6.09. The first-order chi connectivity index (χ1) is 8.98. The van der Waals surface area contributed by atoms with Crippen molar-refractivity contribution in [2.24, 2.45) is 11.8 Å². The largest absolute Gasteiger partial charge is 0.390 e. The minimum absolute atomic E-state index is 0.468. The number of benzene rings is 1. The second-order valence-corrected chi connectivity index (χ2v) is 6.92. The van der Waals surface area contributed by atoms with Gasteiger partial charge in [0.1, 0.15) is 0 Å². The fraction of sp³-hybridized carbons (Fsp3) is 0.667.